The van der Waals surface area contributed by atoms with Gasteiger partial charge in [-0.05, 0) is 37.5 Å². The van der Waals surface area contributed by atoms with Crippen molar-refractivity contribution >= 4 is 15.9 Å². The van der Waals surface area contributed by atoms with Crippen molar-refractivity contribution in [2.45, 2.75) is 37.1 Å². The summed E-state index contributed by atoms with van der Waals surface area (Å²) in [6.45, 7) is 1.85. The van der Waals surface area contributed by atoms with Gasteiger partial charge in [-0.2, -0.15) is 0 Å². The van der Waals surface area contributed by atoms with E-state index >= 15 is 0 Å². The molecule has 5 nitrogen and oxygen atoms in total. The van der Waals surface area contributed by atoms with E-state index in [-0.39, 0.29) is 22.7 Å². The van der Waals surface area contributed by atoms with E-state index < -0.39 is 10.0 Å². The third-order valence-corrected chi connectivity index (χ3v) is 5.01. The molecule has 1 aliphatic rings. The Morgan fingerprint density at radius 1 is 1.42 bits per heavy atom. The van der Waals surface area contributed by atoms with Crippen molar-refractivity contribution in [3.63, 3.8) is 0 Å². The molecule has 1 saturated carbocycles. The molecule has 104 valence electrons. The lowest BCUT2D eigenvalue weighted by Gasteiger charge is -2.19. The van der Waals surface area contributed by atoms with Gasteiger partial charge in [0.1, 0.15) is 0 Å². The molecule has 4 N–H and O–H groups in total. The molecule has 19 heavy (non-hydrogen) atoms. The van der Waals surface area contributed by atoms with Crippen LogP contribution in [0.1, 0.15) is 24.8 Å². The average molecular weight is 281 g/mol. The molecular weight excluding hydrogens is 262 g/mol. The lowest BCUT2D eigenvalue weighted by atomic mass is 10.0. The Bertz CT molecular complexity index is 583. The van der Waals surface area contributed by atoms with Gasteiger partial charge in [0.15, 0.2) is 0 Å². The number of rotatable bonds is 4. The number of nitrogens with two attached hydrogens (primary N) is 1. The Balaban J connectivity index is 2.20. The molecule has 0 spiro atoms. The quantitative estimate of drug-likeness (QED) is 0.574. The second-order valence-corrected chi connectivity index (χ2v) is 6.75. The molecule has 0 aliphatic heterocycles. The van der Waals surface area contributed by atoms with Crippen LogP contribution >= 0.6 is 0 Å². The van der Waals surface area contributed by atoms with E-state index in [1.807, 2.05) is 13.0 Å². The van der Waals surface area contributed by atoms with Crippen LogP contribution in [0.5, 0.6) is 0 Å². The summed E-state index contributed by atoms with van der Waals surface area (Å²) >= 11 is 0. The highest BCUT2D eigenvalue weighted by Gasteiger charge is 2.33. The minimum Gasteiger partial charge on any atom is -0.387 e. The highest BCUT2D eigenvalue weighted by Crippen LogP contribution is 2.27. The Morgan fingerprint density at radius 3 is 2.79 bits per heavy atom. The molecule has 2 unspecified atom stereocenters. The molecule has 1 aromatic rings. The lowest BCUT2D eigenvalue weighted by Crippen LogP contribution is -2.42. The third kappa shape index (κ3) is 3.13. The van der Waals surface area contributed by atoms with E-state index in [0.717, 1.165) is 24.8 Å². The summed E-state index contributed by atoms with van der Waals surface area (Å²) in [6, 6.07) is 6.53. The van der Waals surface area contributed by atoms with Crippen molar-refractivity contribution in [1.29, 1.82) is 5.41 Å². The van der Waals surface area contributed by atoms with Crippen LogP contribution in [0.4, 0.5) is 0 Å². The SMILES string of the molecule is Cc1cccc(S(=O)(=O)NC2CCCC2C(=N)N)c1. The Morgan fingerprint density at radius 2 is 2.16 bits per heavy atom. The summed E-state index contributed by atoms with van der Waals surface area (Å²) in [5, 5.41) is 7.51. The van der Waals surface area contributed by atoms with Gasteiger partial charge in [0.25, 0.3) is 0 Å². The van der Waals surface area contributed by atoms with E-state index in [1.54, 1.807) is 18.2 Å². The van der Waals surface area contributed by atoms with E-state index in [2.05, 4.69) is 4.72 Å². The van der Waals surface area contributed by atoms with Crippen LogP contribution in [0.3, 0.4) is 0 Å². The van der Waals surface area contributed by atoms with E-state index in [4.69, 9.17) is 11.1 Å². The molecular formula is C13H19N3O2S. The summed E-state index contributed by atoms with van der Waals surface area (Å²) in [7, 11) is -3.53. The van der Waals surface area contributed by atoms with Crippen molar-refractivity contribution in [2.24, 2.45) is 11.7 Å². The van der Waals surface area contributed by atoms with Gasteiger partial charge in [-0.25, -0.2) is 13.1 Å². The van der Waals surface area contributed by atoms with Crippen molar-refractivity contribution in [1.82, 2.24) is 4.72 Å². The largest absolute Gasteiger partial charge is 0.387 e. The number of aryl methyl sites for hydroxylation is 1. The molecule has 0 aromatic heterocycles. The maximum atomic E-state index is 12.3. The van der Waals surface area contributed by atoms with Gasteiger partial charge in [-0.3, -0.25) is 5.41 Å². The van der Waals surface area contributed by atoms with Gasteiger partial charge in [0.2, 0.25) is 10.0 Å². The zero-order chi connectivity index (χ0) is 14.0. The van der Waals surface area contributed by atoms with Crippen molar-refractivity contribution < 1.29 is 8.42 Å². The molecule has 6 heteroatoms. The Kier molecular flexibility index (Phi) is 3.91. The van der Waals surface area contributed by atoms with Crippen LogP contribution < -0.4 is 10.5 Å². The van der Waals surface area contributed by atoms with Crippen LogP contribution in [0.25, 0.3) is 0 Å². The second-order valence-electron chi connectivity index (χ2n) is 5.04. The number of sulfonamides is 1. The molecule has 1 aromatic carbocycles. The van der Waals surface area contributed by atoms with Crippen LogP contribution in [0.2, 0.25) is 0 Å². The van der Waals surface area contributed by atoms with E-state index in [1.165, 1.54) is 0 Å². The second kappa shape index (κ2) is 5.30. The molecule has 0 heterocycles. The molecule has 2 rings (SSSR count). The van der Waals surface area contributed by atoms with Crippen LogP contribution in [-0.4, -0.2) is 20.3 Å². The molecule has 2 atom stereocenters. The minimum atomic E-state index is -3.53. The van der Waals surface area contributed by atoms with Crippen LogP contribution in [0, 0.1) is 18.3 Å². The van der Waals surface area contributed by atoms with Crippen LogP contribution in [0.15, 0.2) is 29.2 Å². The Hall–Kier alpha value is -1.40. The van der Waals surface area contributed by atoms with Gasteiger partial charge >= 0.3 is 0 Å². The first-order valence-corrected chi connectivity index (χ1v) is 7.81. The van der Waals surface area contributed by atoms with Gasteiger partial charge in [0, 0.05) is 12.0 Å². The Labute approximate surface area is 113 Å². The maximum absolute atomic E-state index is 12.3. The fourth-order valence-electron chi connectivity index (χ4n) is 2.52. The molecule has 1 fully saturated rings. The number of amidine groups is 1. The van der Waals surface area contributed by atoms with Gasteiger partial charge in [-0.1, -0.05) is 18.6 Å². The topological polar surface area (TPSA) is 96.0 Å². The van der Waals surface area contributed by atoms with Crippen LogP contribution in [-0.2, 0) is 10.0 Å². The van der Waals surface area contributed by atoms with E-state index in [9.17, 15) is 8.42 Å². The standard InChI is InChI=1S/C13H19N3O2S/c1-9-4-2-5-10(8-9)19(17,18)16-12-7-3-6-11(12)13(14)15/h2,4-5,8,11-12,16H,3,6-7H2,1H3,(H3,14,15). The summed E-state index contributed by atoms with van der Waals surface area (Å²) in [5.41, 5.74) is 6.42. The van der Waals surface area contributed by atoms with Crippen molar-refractivity contribution in [3.8, 4) is 0 Å². The number of benzene rings is 1. The smallest absolute Gasteiger partial charge is 0.240 e. The highest BCUT2D eigenvalue weighted by atomic mass is 32.2. The monoisotopic (exact) mass is 281 g/mol. The number of hydrogen-bond acceptors (Lipinski definition) is 3. The number of nitrogens with one attached hydrogen (secondary N) is 2. The first kappa shape index (κ1) is 14.0. The summed E-state index contributed by atoms with van der Waals surface area (Å²) in [4.78, 5) is 0.265. The third-order valence-electron chi connectivity index (χ3n) is 3.52. The van der Waals surface area contributed by atoms with Gasteiger partial charge in [0.05, 0.1) is 10.7 Å². The summed E-state index contributed by atoms with van der Waals surface area (Å²) < 4.78 is 27.3. The predicted octanol–water partition coefficient (Wildman–Crippen LogP) is 1.38. The molecule has 0 amide bonds. The molecule has 0 bridgehead atoms. The van der Waals surface area contributed by atoms with Crippen molar-refractivity contribution in [2.75, 3.05) is 0 Å². The molecule has 0 saturated heterocycles. The first-order valence-electron chi connectivity index (χ1n) is 6.33. The maximum Gasteiger partial charge on any atom is 0.240 e. The lowest BCUT2D eigenvalue weighted by molar-refractivity contribution is 0.521. The average Bonchev–Trinajstić information content (AvgIpc) is 2.76. The zero-order valence-corrected chi connectivity index (χ0v) is 11.7. The van der Waals surface area contributed by atoms with Gasteiger partial charge in [-0.15, -0.1) is 0 Å². The first-order chi connectivity index (χ1) is 8.90. The predicted molar refractivity (Wildman–Crippen MR) is 74.5 cm³/mol. The van der Waals surface area contributed by atoms with E-state index in [0.29, 0.717) is 0 Å². The van der Waals surface area contributed by atoms with Gasteiger partial charge < -0.3 is 5.73 Å². The highest BCUT2D eigenvalue weighted by molar-refractivity contribution is 7.89. The zero-order valence-electron chi connectivity index (χ0n) is 10.9. The fourth-order valence-corrected chi connectivity index (χ4v) is 3.94. The molecule has 1 aliphatic carbocycles. The summed E-state index contributed by atoms with van der Waals surface area (Å²) in [5.74, 6) is -0.117. The molecule has 0 radical (unpaired) electrons. The summed E-state index contributed by atoms with van der Waals surface area (Å²) in [6.07, 6.45) is 2.40. The minimum absolute atomic E-state index is 0.0643. The number of hydrogen-bond donors (Lipinski definition) is 3. The fraction of sp³-hybridized carbons (Fsp3) is 0.462. The van der Waals surface area contributed by atoms with Crippen molar-refractivity contribution in [3.05, 3.63) is 29.8 Å². The normalized spacial score (nSPS) is 23.4.